The second kappa shape index (κ2) is 3.48. The molecule has 1 aromatic carbocycles. The van der Waals surface area contributed by atoms with E-state index in [1.807, 2.05) is 0 Å². The topological polar surface area (TPSA) is 60.0 Å². The highest BCUT2D eigenvalue weighted by molar-refractivity contribution is 5.37. The van der Waals surface area contributed by atoms with E-state index in [1.54, 1.807) is 14.0 Å². The first-order valence-corrected chi connectivity index (χ1v) is 4.62. The third-order valence-corrected chi connectivity index (χ3v) is 2.36. The van der Waals surface area contributed by atoms with Crippen LogP contribution in [-0.4, -0.2) is 19.5 Å². The molecule has 0 bridgehead atoms. The van der Waals surface area contributed by atoms with E-state index < -0.39 is 11.5 Å². The molecule has 16 heavy (non-hydrogen) atoms. The van der Waals surface area contributed by atoms with Crippen molar-refractivity contribution in [2.45, 2.75) is 6.92 Å². The van der Waals surface area contributed by atoms with Crippen molar-refractivity contribution in [1.29, 1.82) is 0 Å². The van der Waals surface area contributed by atoms with E-state index in [9.17, 15) is 9.18 Å². The Hall–Kier alpha value is -2.11. The number of phenols is 1. The van der Waals surface area contributed by atoms with Crippen molar-refractivity contribution >= 4 is 0 Å². The Kier molecular flexibility index (Phi) is 2.26. The van der Waals surface area contributed by atoms with E-state index in [-0.39, 0.29) is 11.4 Å². The molecule has 6 heteroatoms. The van der Waals surface area contributed by atoms with Crippen LogP contribution in [0.25, 0.3) is 5.69 Å². The molecule has 1 aromatic heterocycles. The number of halogens is 1. The Labute approximate surface area is 90.4 Å². The third kappa shape index (κ3) is 1.48. The molecule has 0 aliphatic rings. The van der Waals surface area contributed by atoms with Crippen LogP contribution >= 0.6 is 0 Å². The number of aromatic hydroxyl groups is 1. The molecule has 5 nitrogen and oxygen atoms in total. The van der Waals surface area contributed by atoms with Gasteiger partial charge in [0.15, 0.2) is 5.82 Å². The number of phenolic OH excluding ortho intramolecular Hbond substituents is 1. The number of benzene rings is 1. The average molecular weight is 223 g/mol. The normalized spacial score (nSPS) is 10.7. The van der Waals surface area contributed by atoms with Gasteiger partial charge in [-0.1, -0.05) is 0 Å². The Balaban J connectivity index is 2.68. The number of hydrogen-bond acceptors (Lipinski definition) is 3. The zero-order valence-electron chi connectivity index (χ0n) is 8.81. The molecule has 0 aliphatic heterocycles. The standard InChI is InChI=1S/C10H10FN3O2/c1-6-12-14(10(16)13(6)2)9-4-3-7(15)5-8(9)11/h3-5,15H,1-2H3. The SMILES string of the molecule is Cc1nn(-c2ccc(O)cc2F)c(=O)n1C. The summed E-state index contributed by atoms with van der Waals surface area (Å²) in [4.78, 5) is 11.7. The van der Waals surface area contributed by atoms with Gasteiger partial charge in [-0.2, -0.15) is 9.78 Å². The predicted molar refractivity (Wildman–Crippen MR) is 55.2 cm³/mol. The Morgan fingerprint density at radius 1 is 1.44 bits per heavy atom. The van der Waals surface area contributed by atoms with Gasteiger partial charge in [-0.05, 0) is 19.1 Å². The largest absolute Gasteiger partial charge is 0.508 e. The lowest BCUT2D eigenvalue weighted by Crippen LogP contribution is -2.22. The van der Waals surface area contributed by atoms with Crippen LogP contribution in [0.4, 0.5) is 4.39 Å². The summed E-state index contributed by atoms with van der Waals surface area (Å²) in [7, 11) is 1.56. The number of aryl methyl sites for hydroxylation is 1. The van der Waals surface area contributed by atoms with Crippen LogP contribution in [-0.2, 0) is 7.05 Å². The van der Waals surface area contributed by atoms with Crippen LogP contribution in [0.1, 0.15) is 5.82 Å². The summed E-state index contributed by atoms with van der Waals surface area (Å²) in [5, 5.41) is 13.0. The minimum absolute atomic E-state index is 0.0199. The lowest BCUT2D eigenvalue weighted by atomic mass is 10.3. The van der Waals surface area contributed by atoms with Crippen molar-refractivity contribution in [1.82, 2.24) is 14.3 Å². The van der Waals surface area contributed by atoms with Crippen LogP contribution in [0.3, 0.4) is 0 Å². The van der Waals surface area contributed by atoms with Crippen molar-refractivity contribution in [3.63, 3.8) is 0 Å². The number of aromatic nitrogens is 3. The van der Waals surface area contributed by atoms with Gasteiger partial charge < -0.3 is 5.11 Å². The van der Waals surface area contributed by atoms with Crippen molar-refractivity contribution < 1.29 is 9.50 Å². The van der Waals surface area contributed by atoms with Crippen molar-refractivity contribution in [2.75, 3.05) is 0 Å². The maximum absolute atomic E-state index is 13.5. The average Bonchev–Trinajstić information content (AvgIpc) is 2.46. The molecule has 1 heterocycles. The number of hydrogen-bond donors (Lipinski definition) is 1. The van der Waals surface area contributed by atoms with E-state index in [0.717, 1.165) is 10.7 Å². The number of nitrogens with zero attached hydrogens (tertiary/aromatic N) is 3. The minimum Gasteiger partial charge on any atom is -0.508 e. The highest BCUT2D eigenvalue weighted by Crippen LogP contribution is 2.16. The second-order valence-corrected chi connectivity index (χ2v) is 3.44. The molecule has 2 rings (SSSR count). The van der Waals surface area contributed by atoms with Gasteiger partial charge in [0.05, 0.1) is 0 Å². The molecule has 0 atom stereocenters. The molecule has 0 saturated heterocycles. The van der Waals surface area contributed by atoms with E-state index in [4.69, 9.17) is 5.11 Å². The summed E-state index contributed by atoms with van der Waals surface area (Å²) < 4.78 is 15.8. The van der Waals surface area contributed by atoms with Gasteiger partial charge in [-0.25, -0.2) is 9.18 Å². The summed E-state index contributed by atoms with van der Waals surface area (Å²) in [6.07, 6.45) is 0. The monoisotopic (exact) mass is 223 g/mol. The van der Waals surface area contributed by atoms with Gasteiger partial charge >= 0.3 is 5.69 Å². The fourth-order valence-electron chi connectivity index (χ4n) is 1.36. The minimum atomic E-state index is -0.694. The maximum Gasteiger partial charge on any atom is 0.350 e. The van der Waals surface area contributed by atoms with Gasteiger partial charge in [0.2, 0.25) is 0 Å². The summed E-state index contributed by atoms with van der Waals surface area (Å²) >= 11 is 0. The van der Waals surface area contributed by atoms with Crippen LogP contribution in [0.15, 0.2) is 23.0 Å². The van der Waals surface area contributed by atoms with Crippen LogP contribution in [0.2, 0.25) is 0 Å². The fraction of sp³-hybridized carbons (Fsp3) is 0.200. The fourth-order valence-corrected chi connectivity index (χ4v) is 1.36. The first-order chi connectivity index (χ1) is 7.50. The Morgan fingerprint density at radius 3 is 2.62 bits per heavy atom. The van der Waals surface area contributed by atoms with Crippen LogP contribution in [0.5, 0.6) is 5.75 Å². The van der Waals surface area contributed by atoms with E-state index in [1.165, 1.54) is 16.7 Å². The Morgan fingerprint density at radius 2 is 2.12 bits per heavy atom. The first-order valence-electron chi connectivity index (χ1n) is 4.62. The van der Waals surface area contributed by atoms with Crippen molar-refractivity contribution in [3.05, 3.63) is 40.3 Å². The zero-order chi connectivity index (χ0) is 11.9. The van der Waals surface area contributed by atoms with Crippen molar-refractivity contribution in [3.8, 4) is 11.4 Å². The summed E-state index contributed by atoms with van der Waals surface area (Å²) in [6.45, 7) is 1.65. The molecule has 1 N–H and O–H groups in total. The van der Waals surface area contributed by atoms with Crippen molar-refractivity contribution in [2.24, 2.45) is 7.05 Å². The first kappa shape index (κ1) is 10.4. The van der Waals surface area contributed by atoms with Gasteiger partial charge in [-0.15, -0.1) is 0 Å². The molecule has 0 spiro atoms. The molecular weight excluding hydrogens is 213 g/mol. The molecule has 0 aliphatic carbocycles. The molecule has 0 amide bonds. The second-order valence-electron chi connectivity index (χ2n) is 3.44. The third-order valence-electron chi connectivity index (χ3n) is 2.36. The Bertz CT molecular complexity index is 601. The van der Waals surface area contributed by atoms with Gasteiger partial charge in [0.1, 0.15) is 17.3 Å². The maximum atomic E-state index is 13.5. The van der Waals surface area contributed by atoms with Crippen LogP contribution in [0, 0.1) is 12.7 Å². The summed E-state index contributed by atoms with van der Waals surface area (Å²) in [6, 6.07) is 3.54. The highest BCUT2D eigenvalue weighted by Gasteiger charge is 2.12. The number of rotatable bonds is 1. The lowest BCUT2D eigenvalue weighted by Gasteiger charge is -2.01. The molecule has 0 radical (unpaired) electrons. The van der Waals surface area contributed by atoms with Gasteiger partial charge in [0.25, 0.3) is 0 Å². The van der Waals surface area contributed by atoms with Crippen LogP contribution < -0.4 is 5.69 Å². The van der Waals surface area contributed by atoms with Gasteiger partial charge in [-0.3, -0.25) is 4.57 Å². The molecule has 0 saturated carbocycles. The lowest BCUT2D eigenvalue weighted by molar-refractivity contribution is 0.468. The smallest absolute Gasteiger partial charge is 0.350 e. The molecule has 0 fully saturated rings. The molecular formula is C10H10FN3O2. The quantitative estimate of drug-likeness (QED) is 0.775. The molecule has 84 valence electrons. The summed E-state index contributed by atoms with van der Waals surface area (Å²) in [5.74, 6) is -0.403. The van der Waals surface area contributed by atoms with E-state index >= 15 is 0 Å². The predicted octanol–water partition coefficient (Wildman–Crippen LogP) is 0.724. The van der Waals surface area contributed by atoms with Gasteiger partial charge in [0, 0.05) is 13.1 Å². The molecule has 0 unspecified atom stereocenters. The highest BCUT2D eigenvalue weighted by atomic mass is 19.1. The van der Waals surface area contributed by atoms with E-state index in [0.29, 0.717) is 5.82 Å². The zero-order valence-corrected chi connectivity index (χ0v) is 8.81. The molecule has 2 aromatic rings. The van der Waals surface area contributed by atoms with E-state index in [2.05, 4.69) is 5.10 Å². The summed E-state index contributed by atoms with van der Waals surface area (Å²) in [5.41, 5.74) is -0.409.